The maximum atomic E-state index is 5.38. The number of rotatable bonds is 6. The fraction of sp³-hybridized carbons (Fsp3) is 0.765. The van der Waals surface area contributed by atoms with Gasteiger partial charge in [0.2, 0.25) is 5.95 Å². The number of morpholine rings is 1. The van der Waals surface area contributed by atoms with Crippen LogP contribution in [0, 0.1) is 6.92 Å². The van der Waals surface area contributed by atoms with Gasteiger partial charge in [0.05, 0.1) is 13.2 Å². The standard InChI is InChI=1S/C17H30N6O/c1-3-21-6-8-23(9-7-21)16-14-15(2)19-17(20-16)18-4-5-22-10-12-24-13-11-22/h14H,3-13H2,1-2H3,(H,18,19,20). The molecule has 0 amide bonds. The van der Waals surface area contributed by atoms with Crippen LogP contribution in [0.5, 0.6) is 0 Å². The van der Waals surface area contributed by atoms with E-state index < -0.39 is 0 Å². The Morgan fingerprint density at radius 1 is 1.04 bits per heavy atom. The van der Waals surface area contributed by atoms with Crippen molar-refractivity contribution in [1.82, 2.24) is 19.8 Å². The van der Waals surface area contributed by atoms with Crippen molar-refractivity contribution in [3.63, 3.8) is 0 Å². The third-order valence-electron chi connectivity index (χ3n) is 4.80. The monoisotopic (exact) mass is 334 g/mol. The number of piperazine rings is 1. The second-order valence-corrected chi connectivity index (χ2v) is 6.49. The van der Waals surface area contributed by atoms with Crippen LogP contribution in [0.1, 0.15) is 12.6 Å². The predicted octanol–water partition coefficient (Wildman–Crippen LogP) is 0.671. The maximum Gasteiger partial charge on any atom is 0.224 e. The van der Waals surface area contributed by atoms with Gasteiger partial charge in [0.15, 0.2) is 0 Å². The van der Waals surface area contributed by atoms with E-state index >= 15 is 0 Å². The van der Waals surface area contributed by atoms with E-state index in [1.807, 2.05) is 6.92 Å². The van der Waals surface area contributed by atoms with Crippen molar-refractivity contribution in [2.75, 3.05) is 82.3 Å². The summed E-state index contributed by atoms with van der Waals surface area (Å²) in [5.74, 6) is 1.79. The second-order valence-electron chi connectivity index (χ2n) is 6.49. The van der Waals surface area contributed by atoms with Crippen LogP contribution in [-0.4, -0.2) is 91.9 Å². The molecule has 1 N–H and O–H groups in total. The lowest BCUT2D eigenvalue weighted by molar-refractivity contribution is 0.0398. The normalized spacial score (nSPS) is 20.3. The molecule has 134 valence electrons. The van der Waals surface area contributed by atoms with Crippen LogP contribution < -0.4 is 10.2 Å². The third kappa shape index (κ3) is 4.78. The minimum atomic E-state index is 0.746. The number of ether oxygens (including phenoxy) is 1. The first kappa shape index (κ1) is 17.4. The number of aromatic nitrogens is 2. The molecule has 7 nitrogen and oxygen atoms in total. The van der Waals surface area contributed by atoms with Crippen LogP contribution in [0.3, 0.4) is 0 Å². The van der Waals surface area contributed by atoms with Gasteiger partial charge in [-0.3, -0.25) is 4.90 Å². The minimum Gasteiger partial charge on any atom is -0.379 e. The van der Waals surface area contributed by atoms with Crippen molar-refractivity contribution in [2.24, 2.45) is 0 Å². The SMILES string of the molecule is CCN1CCN(c2cc(C)nc(NCCN3CCOCC3)n2)CC1. The van der Waals surface area contributed by atoms with E-state index in [9.17, 15) is 0 Å². The first-order valence-electron chi connectivity index (χ1n) is 9.11. The van der Waals surface area contributed by atoms with Crippen LogP contribution in [0.2, 0.25) is 0 Å². The van der Waals surface area contributed by atoms with E-state index in [0.717, 1.165) is 89.6 Å². The lowest BCUT2D eigenvalue weighted by Crippen LogP contribution is -2.46. The Morgan fingerprint density at radius 2 is 1.79 bits per heavy atom. The highest BCUT2D eigenvalue weighted by Gasteiger charge is 2.18. The minimum absolute atomic E-state index is 0.746. The maximum absolute atomic E-state index is 5.38. The van der Waals surface area contributed by atoms with Crippen LogP contribution >= 0.6 is 0 Å². The number of hydrogen-bond donors (Lipinski definition) is 1. The molecule has 2 aliphatic heterocycles. The summed E-state index contributed by atoms with van der Waals surface area (Å²) in [5, 5.41) is 3.39. The van der Waals surface area contributed by atoms with E-state index in [4.69, 9.17) is 9.72 Å². The molecule has 2 saturated heterocycles. The van der Waals surface area contributed by atoms with Gasteiger partial charge < -0.3 is 19.9 Å². The van der Waals surface area contributed by atoms with Gasteiger partial charge in [-0.15, -0.1) is 0 Å². The van der Waals surface area contributed by atoms with Crippen LogP contribution in [0.15, 0.2) is 6.07 Å². The average molecular weight is 334 g/mol. The summed E-state index contributed by atoms with van der Waals surface area (Å²) in [6.45, 7) is 15.3. The molecule has 0 bridgehead atoms. The Hall–Kier alpha value is -1.44. The fourth-order valence-electron chi connectivity index (χ4n) is 3.24. The zero-order chi connectivity index (χ0) is 16.8. The van der Waals surface area contributed by atoms with Crippen molar-refractivity contribution >= 4 is 11.8 Å². The Morgan fingerprint density at radius 3 is 2.50 bits per heavy atom. The molecule has 0 radical (unpaired) electrons. The summed E-state index contributed by atoms with van der Waals surface area (Å²) in [5.41, 5.74) is 1.02. The lowest BCUT2D eigenvalue weighted by atomic mass is 10.3. The van der Waals surface area contributed by atoms with E-state index in [1.54, 1.807) is 0 Å². The van der Waals surface area contributed by atoms with Gasteiger partial charge >= 0.3 is 0 Å². The molecule has 3 heterocycles. The largest absolute Gasteiger partial charge is 0.379 e. The van der Waals surface area contributed by atoms with Gasteiger partial charge in [-0.1, -0.05) is 6.92 Å². The van der Waals surface area contributed by atoms with Crippen LogP contribution in [0.25, 0.3) is 0 Å². The topological polar surface area (TPSA) is 56.8 Å². The number of likely N-dealkylation sites (N-methyl/N-ethyl adjacent to an activating group) is 1. The Bertz CT molecular complexity index is 512. The van der Waals surface area contributed by atoms with E-state index in [-0.39, 0.29) is 0 Å². The quantitative estimate of drug-likeness (QED) is 0.820. The smallest absolute Gasteiger partial charge is 0.224 e. The second kappa shape index (κ2) is 8.60. The van der Waals surface area contributed by atoms with Gasteiger partial charge in [-0.2, -0.15) is 4.98 Å². The molecule has 2 fully saturated rings. The zero-order valence-corrected chi connectivity index (χ0v) is 15.0. The highest BCUT2D eigenvalue weighted by atomic mass is 16.5. The Labute approximate surface area is 145 Å². The first-order chi connectivity index (χ1) is 11.7. The molecule has 0 unspecified atom stereocenters. The molecule has 0 saturated carbocycles. The van der Waals surface area contributed by atoms with Gasteiger partial charge in [0.1, 0.15) is 5.82 Å². The molecule has 1 aromatic heterocycles. The lowest BCUT2D eigenvalue weighted by Gasteiger charge is -2.34. The molecule has 0 atom stereocenters. The third-order valence-corrected chi connectivity index (χ3v) is 4.80. The van der Waals surface area contributed by atoms with Crippen LogP contribution in [-0.2, 0) is 4.74 Å². The summed E-state index contributed by atoms with van der Waals surface area (Å²) in [4.78, 5) is 16.5. The van der Waals surface area contributed by atoms with E-state index in [2.05, 4.69) is 38.0 Å². The van der Waals surface area contributed by atoms with Crippen molar-refractivity contribution in [3.8, 4) is 0 Å². The molecule has 1 aromatic rings. The molecule has 7 heteroatoms. The highest BCUT2D eigenvalue weighted by Crippen LogP contribution is 2.16. The van der Waals surface area contributed by atoms with E-state index in [0.29, 0.717) is 0 Å². The fourth-order valence-corrected chi connectivity index (χ4v) is 3.24. The summed E-state index contributed by atoms with van der Waals surface area (Å²) >= 11 is 0. The van der Waals surface area contributed by atoms with Gasteiger partial charge in [0.25, 0.3) is 0 Å². The van der Waals surface area contributed by atoms with E-state index in [1.165, 1.54) is 0 Å². The summed E-state index contributed by atoms with van der Waals surface area (Å²) < 4.78 is 5.38. The number of nitrogens with one attached hydrogen (secondary N) is 1. The Kier molecular flexibility index (Phi) is 6.23. The van der Waals surface area contributed by atoms with Gasteiger partial charge in [0, 0.05) is 64.1 Å². The van der Waals surface area contributed by atoms with Crippen molar-refractivity contribution in [3.05, 3.63) is 11.8 Å². The molecule has 0 spiro atoms. The highest BCUT2D eigenvalue weighted by molar-refractivity contribution is 5.45. The van der Waals surface area contributed by atoms with Crippen molar-refractivity contribution in [1.29, 1.82) is 0 Å². The number of nitrogens with zero attached hydrogens (tertiary/aromatic N) is 5. The predicted molar refractivity (Wildman–Crippen MR) is 96.8 cm³/mol. The van der Waals surface area contributed by atoms with Crippen molar-refractivity contribution < 1.29 is 4.74 Å². The molecule has 2 aliphatic rings. The molecular weight excluding hydrogens is 304 g/mol. The number of anilines is 2. The number of aryl methyl sites for hydroxylation is 1. The van der Waals surface area contributed by atoms with Crippen molar-refractivity contribution in [2.45, 2.75) is 13.8 Å². The zero-order valence-electron chi connectivity index (χ0n) is 15.0. The summed E-state index contributed by atoms with van der Waals surface area (Å²) in [6, 6.07) is 2.09. The average Bonchev–Trinajstić information content (AvgIpc) is 2.62. The molecule has 0 aliphatic carbocycles. The van der Waals surface area contributed by atoms with Gasteiger partial charge in [-0.05, 0) is 13.5 Å². The van der Waals surface area contributed by atoms with Gasteiger partial charge in [-0.25, -0.2) is 4.98 Å². The van der Waals surface area contributed by atoms with Crippen LogP contribution in [0.4, 0.5) is 11.8 Å². The first-order valence-corrected chi connectivity index (χ1v) is 9.11. The number of hydrogen-bond acceptors (Lipinski definition) is 7. The molecule has 24 heavy (non-hydrogen) atoms. The summed E-state index contributed by atoms with van der Waals surface area (Å²) in [6.07, 6.45) is 0. The summed E-state index contributed by atoms with van der Waals surface area (Å²) in [7, 11) is 0. The Balaban J connectivity index is 1.53. The molecule has 3 rings (SSSR count). The molecular formula is C17H30N6O. The molecule has 0 aromatic carbocycles.